The van der Waals surface area contributed by atoms with Gasteiger partial charge in [0, 0.05) is 71.2 Å². The number of methoxy groups -OCH3 is 2. The Labute approximate surface area is 296 Å². The molecule has 15 heteroatoms. The Kier molecular flexibility index (Phi) is 14.1. The molecule has 4 aromatic carbocycles. The molecule has 4 N–H and O–H groups in total. The van der Waals surface area contributed by atoms with Crippen LogP contribution >= 0.6 is 0 Å². The summed E-state index contributed by atoms with van der Waals surface area (Å²) in [5.41, 5.74) is 2.46. The first-order valence-corrected chi connectivity index (χ1v) is 12.2. The summed E-state index contributed by atoms with van der Waals surface area (Å²) >= 11 is 0. The summed E-state index contributed by atoms with van der Waals surface area (Å²) in [5.74, 6) is -1.50. The molecule has 0 aliphatic carbocycles. The summed E-state index contributed by atoms with van der Waals surface area (Å²) in [5, 5.41) is 40.0. The van der Waals surface area contributed by atoms with E-state index >= 15 is 0 Å². The van der Waals surface area contributed by atoms with Crippen LogP contribution in [0.4, 0.5) is 38.9 Å². The van der Waals surface area contributed by atoms with Crippen molar-refractivity contribution in [2.75, 3.05) is 24.9 Å². The molecule has 2 radical (unpaired) electrons. The van der Waals surface area contributed by atoms with Gasteiger partial charge in [0.2, 0.25) is 0 Å². The molecule has 0 saturated carbocycles. The molecule has 0 bridgehead atoms. The number of carboxylic acid groups (broad SMARTS) is 2. The third kappa shape index (κ3) is 9.98. The SMILES string of the molecule is COc1cc(N=Nc2cccc(C(=O)O)c2)ccc1NC(=O)Nc1ccc(N=Nc2cccc(C(=O)O)c2)cc1OC.[Na].[Na]. The fourth-order valence-electron chi connectivity index (χ4n) is 3.60. The Morgan fingerprint density at radius 2 is 0.932 bits per heavy atom. The molecule has 0 saturated heterocycles. The van der Waals surface area contributed by atoms with Crippen LogP contribution in [-0.2, 0) is 0 Å². The van der Waals surface area contributed by atoms with Crippen LogP contribution < -0.4 is 20.1 Å². The number of carboxylic acids is 2. The number of hydrogen-bond donors (Lipinski definition) is 4. The number of nitrogens with one attached hydrogen (secondary N) is 2. The number of carbonyl (C=O) groups excluding carboxylic acids is 1. The van der Waals surface area contributed by atoms with Gasteiger partial charge in [-0.25, -0.2) is 14.4 Å². The number of nitrogens with zero attached hydrogens (tertiary/aromatic N) is 4. The van der Waals surface area contributed by atoms with Crippen molar-refractivity contribution in [3.8, 4) is 11.5 Å². The van der Waals surface area contributed by atoms with Gasteiger partial charge in [-0.05, 0) is 60.7 Å². The van der Waals surface area contributed by atoms with Crippen LogP contribution in [0.5, 0.6) is 11.5 Å². The van der Waals surface area contributed by atoms with E-state index in [1.165, 1.54) is 38.5 Å². The minimum Gasteiger partial charge on any atom is -0.494 e. The molecular formula is C29H24N6Na2O7. The van der Waals surface area contributed by atoms with E-state index in [0.29, 0.717) is 45.6 Å². The zero-order valence-electron chi connectivity index (χ0n) is 24.3. The van der Waals surface area contributed by atoms with Crippen molar-refractivity contribution in [1.29, 1.82) is 0 Å². The first kappa shape index (κ1) is 36.1. The Hall–Kier alpha value is -4.11. The molecule has 0 unspecified atom stereocenters. The van der Waals surface area contributed by atoms with Gasteiger partial charge in [-0.15, -0.1) is 0 Å². The Balaban J connectivity index is 0.00000337. The fourth-order valence-corrected chi connectivity index (χ4v) is 3.60. The predicted molar refractivity (Wildman–Crippen MR) is 165 cm³/mol. The number of anilines is 2. The van der Waals surface area contributed by atoms with Crippen molar-refractivity contribution in [1.82, 2.24) is 0 Å². The predicted octanol–water partition coefficient (Wildman–Crippen LogP) is 6.81. The summed E-state index contributed by atoms with van der Waals surface area (Å²) in [6.45, 7) is 0. The molecule has 214 valence electrons. The maximum atomic E-state index is 12.8. The largest absolute Gasteiger partial charge is 0.494 e. The zero-order chi connectivity index (χ0) is 30.1. The minimum absolute atomic E-state index is 0. The van der Waals surface area contributed by atoms with Crippen molar-refractivity contribution >= 4 is 111 Å². The Bertz CT molecular complexity index is 1590. The van der Waals surface area contributed by atoms with Gasteiger partial charge >= 0.3 is 18.0 Å². The van der Waals surface area contributed by atoms with Crippen molar-refractivity contribution in [3.63, 3.8) is 0 Å². The van der Waals surface area contributed by atoms with Gasteiger partial charge in [-0.1, -0.05) is 12.1 Å². The van der Waals surface area contributed by atoms with Crippen molar-refractivity contribution in [2.24, 2.45) is 20.5 Å². The average molecular weight is 615 g/mol. The summed E-state index contributed by atoms with van der Waals surface area (Å²) in [7, 11) is 2.87. The summed E-state index contributed by atoms with van der Waals surface area (Å²) in [4.78, 5) is 35.1. The molecule has 0 spiro atoms. The number of urea groups is 1. The molecule has 0 atom stereocenters. The van der Waals surface area contributed by atoms with Crippen molar-refractivity contribution in [2.45, 2.75) is 0 Å². The molecular weight excluding hydrogens is 590 g/mol. The number of carbonyl (C=O) groups is 3. The van der Waals surface area contributed by atoms with Crippen LogP contribution in [0.1, 0.15) is 20.7 Å². The molecule has 0 aliphatic heterocycles. The first-order chi connectivity index (χ1) is 20.2. The van der Waals surface area contributed by atoms with Gasteiger partial charge in [-0.2, -0.15) is 20.5 Å². The van der Waals surface area contributed by atoms with Gasteiger partial charge in [0.05, 0.1) is 59.5 Å². The molecule has 4 rings (SSSR count). The van der Waals surface area contributed by atoms with Gasteiger partial charge < -0.3 is 30.3 Å². The minimum atomic E-state index is -1.07. The number of hydrogen-bond acceptors (Lipinski definition) is 9. The molecule has 0 fully saturated rings. The van der Waals surface area contributed by atoms with E-state index in [0.717, 1.165) is 0 Å². The summed E-state index contributed by atoms with van der Waals surface area (Å²) < 4.78 is 10.8. The number of rotatable bonds is 10. The summed E-state index contributed by atoms with van der Waals surface area (Å²) in [6.07, 6.45) is 0. The van der Waals surface area contributed by atoms with E-state index in [9.17, 15) is 14.4 Å². The van der Waals surface area contributed by atoms with Crippen LogP contribution in [0.25, 0.3) is 0 Å². The third-order valence-electron chi connectivity index (χ3n) is 5.61. The number of ether oxygens (including phenoxy) is 2. The standard InChI is InChI=1S/C29H24N6O7.2Na/c1-41-25-15-21(34-32-19-7-3-5-17(13-19)27(36)37)9-11-23(25)30-29(40)31-24-12-10-22(16-26(24)42-2)35-33-20-8-4-6-18(14-20)28(38)39;;/h3-16H,1-2H3,(H,36,37)(H,38,39)(H2,30,31,40);;. The van der Waals surface area contributed by atoms with Crippen LogP contribution in [-0.4, -0.2) is 102 Å². The molecule has 13 nitrogen and oxygen atoms in total. The Morgan fingerprint density at radius 3 is 1.27 bits per heavy atom. The van der Waals surface area contributed by atoms with Crippen LogP contribution in [0, 0.1) is 0 Å². The second-order valence-corrected chi connectivity index (χ2v) is 8.46. The number of amides is 2. The van der Waals surface area contributed by atoms with E-state index in [-0.39, 0.29) is 70.2 Å². The zero-order valence-corrected chi connectivity index (χ0v) is 28.3. The second-order valence-electron chi connectivity index (χ2n) is 8.46. The quantitative estimate of drug-likeness (QED) is 0.112. The van der Waals surface area contributed by atoms with E-state index in [1.54, 1.807) is 60.7 Å². The maximum Gasteiger partial charge on any atom is 0.335 e. The van der Waals surface area contributed by atoms with Gasteiger partial charge in [0.25, 0.3) is 0 Å². The van der Waals surface area contributed by atoms with Crippen LogP contribution in [0.15, 0.2) is 105 Å². The normalized spacial score (nSPS) is 10.4. The smallest absolute Gasteiger partial charge is 0.335 e. The fraction of sp³-hybridized carbons (Fsp3) is 0.0690. The molecule has 4 aromatic rings. The maximum absolute atomic E-state index is 12.8. The van der Waals surface area contributed by atoms with Gasteiger partial charge in [0.15, 0.2) is 0 Å². The second kappa shape index (κ2) is 17.3. The van der Waals surface area contributed by atoms with Gasteiger partial charge in [0.1, 0.15) is 11.5 Å². The van der Waals surface area contributed by atoms with E-state index in [1.807, 2.05) is 0 Å². The molecule has 0 heterocycles. The summed E-state index contributed by atoms with van der Waals surface area (Å²) in [6, 6.07) is 21.0. The number of aromatic carboxylic acids is 2. The monoisotopic (exact) mass is 614 g/mol. The number of azo groups is 2. The van der Waals surface area contributed by atoms with Crippen LogP contribution in [0.3, 0.4) is 0 Å². The molecule has 0 aromatic heterocycles. The topological polar surface area (TPSA) is 184 Å². The van der Waals surface area contributed by atoms with E-state index in [2.05, 4.69) is 31.1 Å². The molecule has 44 heavy (non-hydrogen) atoms. The number of benzene rings is 4. The van der Waals surface area contributed by atoms with E-state index in [4.69, 9.17) is 19.7 Å². The van der Waals surface area contributed by atoms with Crippen molar-refractivity contribution in [3.05, 3.63) is 96.1 Å². The van der Waals surface area contributed by atoms with Crippen molar-refractivity contribution < 1.29 is 34.1 Å². The van der Waals surface area contributed by atoms with E-state index < -0.39 is 18.0 Å². The Morgan fingerprint density at radius 1 is 0.568 bits per heavy atom. The van der Waals surface area contributed by atoms with Crippen LogP contribution in [0.2, 0.25) is 0 Å². The first-order valence-electron chi connectivity index (χ1n) is 12.2. The third-order valence-corrected chi connectivity index (χ3v) is 5.61. The molecule has 2 amide bonds. The molecule has 0 aliphatic rings. The average Bonchev–Trinajstić information content (AvgIpc) is 3.00. The van der Waals surface area contributed by atoms with Gasteiger partial charge in [-0.3, -0.25) is 0 Å².